The lowest BCUT2D eigenvalue weighted by Crippen LogP contribution is -2.48. The molecule has 1 aromatic heterocycles. The summed E-state index contributed by atoms with van der Waals surface area (Å²) in [7, 11) is -1.10. The number of amides is 1. The number of hydrogen-bond donors (Lipinski definition) is 1. The van der Waals surface area contributed by atoms with Gasteiger partial charge in [0.2, 0.25) is 5.91 Å². The number of nitrogens with one attached hydrogen (secondary N) is 1. The Labute approximate surface area is 148 Å². The highest BCUT2D eigenvalue weighted by molar-refractivity contribution is 7.91. The van der Waals surface area contributed by atoms with E-state index >= 15 is 0 Å². The van der Waals surface area contributed by atoms with Gasteiger partial charge in [0.05, 0.1) is 24.2 Å². The van der Waals surface area contributed by atoms with Crippen LogP contribution in [0.15, 0.2) is 18.6 Å². The zero-order valence-corrected chi connectivity index (χ0v) is 15.3. The summed E-state index contributed by atoms with van der Waals surface area (Å²) in [5, 5.41) is 3.07. The molecule has 0 aliphatic carbocycles. The van der Waals surface area contributed by atoms with Gasteiger partial charge in [0.1, 0.15) is 5.82 Å². The Balaban J connectivity index is 1.42. The van der Waals surface area contributed by atoms with Crippen molar-refractivity contribution in [3.8, 4) is 0 Å². The van der Waals surface area contributed by atoms with E-state index in [-0.39, 0.29) is 36.0 Å². The van der Waals surface area contributed by atoms with Crippen LogP contribution in [0.5, 0.6) is 0 Å². The van der Waals surface area contributed by atoms with E-state index in [2.05, 4.69) is 20.2 Å². The molecule has 0 saturated carbocycles. The van der Waals surface area contributed by atoms with Gasteiger partial charge in [0.25, 0.3) is 0 Å². The summed E-state index contributed by atoms with van der Waals surface area (Å²) in [5.74, 6) is 1.22. The maximum atomic E-state index is 12.3. The van der Waals surface area contributed by atoms with Gasteiger partial charge in [-0.15, -0.1) is 0 Å². The normalized spacial score (nSPS) is 23.8. The number of carbonyl (C=O) groups is 1. The average Bonchev–Trinajstić information content (AvgIpc) is 2.96. The predicted octanol–water partition coefficient (Wildman–Crippen LogP) is -0.319. The van der Waals surface area contributed by atoms with Crippen molar-refractivity contribution in [3.63, 3.8) is 0 Å². The Morgan fingerprint density at radius 2 is 2.08 bits per heavy atom. The fourth-order valence-corrected chi connectivity index (χ4v) is 5.26. The SMILES string of the molecule is CN(CC(=O)NC1CCN(c2cnccn2)CC1)C1CCS(=O)(=O)C1. The highest BCUT2D eigenvalue weighted by atomic mass is 32.2. The largest absolute Gasteiger partial charge is 0.355 e. The smallest absolute Gasteiger partial charge is 0.234 e. The number of likely N-dealkylation sites (N-methyl/N-ethyl adjacent to an activating group) is 1. The Morgan fingerprint density at radius 3 is 2.68 bits per heavy atom. The topological polar surface area (TPSA) is 95.5 Å². The average molecular weight is 367 g/mol. The van der Waals surface area contributed by atoms with Gasteiger partial charge in [-0.1, -0.05) is 0 Å². The monoisotopic (exact) mass is 367 g/mol. The van der Waals surface area contributed by atoms with Crippen LogP contribution in [0.4, 0.5) is 5.82 Å². The van der Waals surface area contributed by atoms with Crippen molar-refractivity contribution in [1.82, 2.24) is 20.2 Å². The molecule has 1 unspecified atom stereocenters. The van der Waals surface area contributed by atoms with E-state index in [9.17, 15) is 13.2 Å². The molecule has 2 aliphatic heterocycles. The number of aromatic nitrogens is 2. The molecule has 25 heavy (non-hydrogen) atoms. The lowest BCUT2D eigenvalue weighted by atomic mass is 10.1. The standard InChI is InChI=1S/C16H25N5O3S/c1-20(14-4-9-25(23,24)12-14)11-16(22)19-13-2-7-21(8-3-13)15-10-17-5-6-18-15/h5-6,10,13-14H,2-4,7-9,11-12H2,1H3,(H,19,22). The molecule has 0 spiro atoms. The van der Waals surface area contributed by atoms with Gasteiger partial charge in [-0.05, 0) is 26.3 Å². The fourth-order valence-electron chi connectivity index (χ4n) is 3.46. The number of piperidine rings is 1. The summed E-state index contributed by atoms with van der Waals surface area (Å²) in [6.45, 7) is 1.91. The minimum absolute atomic E-state index is 0.0373. The van der Waals surface area contributed by atoms with Crippen LogP contribution in [-0.4, -0.2) is 79.5 Å². The molecule has 0 radical (unpaired) electrons. The third-order valence-corrected chi connectivity index (χ3v) is 6.71. The van der Waals surface area contributed by atoms with Gasteiger partial charge in [-0.25, -0.2) is 13.4 Å². The molecule has 9 heteroatoms. The molecule has 2 saturated heterocycles. The molecule has 1 amide bonds. The van der Waals surface area contributed by atoms with Crippen LogP contribution < -0.4 is 10.2 Å². The van der Waals surface area contributed by atoms with Gasteiger partial charge in [-0.2, -0.15) is 0 Å². The molecule has 1 N–H and O–H groups in total. The number of rotatable bonds is 5. The minimum Gasteiger partial charge on any atom is -0.355 e. The van der Waals surface area contributed by atoms with Crippen LogP contribution in [0, 0.1) is 0 Å². The van der Waals surface area contributed by atoms with Crippen LogP contribution in [0.25, 0.3) is 0 Å². The Hall–Kier alpha value is -1.74. The van der Waals surface area contributed by atoms with Crippen molar-refractivity contribution >= 4 is 21.6 Å². The van der Waals surface area contributed by atoms with Gasteiger partial charge in [0.15, 0.2) is 9.84 Å². The zero-order chi connectivity index (χ0) is 17.9. The first-order valence-corrected chi connectivity index (χ1v) is 10.5. The number of anilines is 1. The molecule has 2 aliphatic rings. The second-order valence-corrected chi connectivity index (χ2v) is 9.09. The second kappa shape index (κ2) is 7.65. The first-order valence-electron chi connectivity index (χ1n) is 8.64. The summed E-state index contributed by atoms with van der Waals surface area (Å²) in [6, 6.07) is 0.107. The van der Waals surface area contributed by atoms with Crippen molar-refractivity contribution < 1.29 is 13.2 Å². The molecule has 0 bridgehead atoms. The van der Waals surface area contributed by atoms with E-state index in [4.69, 9.17) is 0 Å². The first-order chi connectivity index (χ1) is 11.9. The van der Waals surface area contributed by atoms with Crippen LogP contribution in [0.1, 0.15) is 19.3 Å². The van der Waals surface area contributed by atoms with Crippen molar-refractivity contribution in [3.05, 3.63) is 18.6 Å². The van der Waals surface area contributed by atoms with E-state index < -0.39 is 9.84 Å². The van der Waals surface area contributed by atoms with Gasteiger partial charge in [-0.3, -0.25) is 14.7 Å². The lowest BCUT2D eigenvalue weighted by molar-refractivity contribution is -0.123. The maximum absolute atomic E-state index is 12.3. The van der Waals surface area contributed by atoms with E-state index in [0.29, 0.717) is 6.42 Å². The quantitative estimate of drug-likeness (QED) is 0.762. The van der Waals surface area contributed by atoms with Crippen molar-refractivity contribution in [2.75, 3.05) is 43.1 Å². The van der Waals surface area contributed by atoms with Gasteiger partial charge < -0.3 is 10.2 Å². The molecule has 0 aromatic carbocycles. The van der Waals surface area contributed by atoms with Crippen molar-refractivity contribution in [1.29, 1.82) is 0 Å². The lowest BCUT2D eigenvalue weighted by Gasteiger charge is -2.33. The number of hydrogen-bond acceptors (Lipinski definition) is 7. The zero-order valence-electron chi connectivity index (χ0n) is 14.5. The van der Waals surface area contributed by atoms with Gasteiger partial charge in [0, 0.05) is 37.6 Å². The van der Waals surface area contributed by atoms with E-state index in [1.54, 1.807) is 18.6 Å². The molecular weight excluding hydrogens is 342 g/mol. The van der Waals surface area contributed by atoms with Crippen molar-refractivity contribution in [2.24, 2.45) is 0 Å². The molecule has 8 nitrogen and oxygen atoms in total. The molecule has 138 valence electrons. The fraction of sp³-hybridized carbons (Fsp3) is 0.688. The third-order valence-electron chi connectivity index (χ3n) is 4.96. The molecule has 1 aromatic rings. The summed E-state index contributed by atoms with van der Waals surface area (Å²) < 4.78 is 23.1. The van der Waals surface area contributed by atoms with E-state index in [1.807, 2.05) is 11.9 Å². The summed E-state index contributed by atoms with van der Waals surface area (Å²) in [5.41, 5.74) is 0. The van der Waals surface area contributed by atoms with Gasteiger partial charge >= 0.3 is 0 Å². The minimum atomic E-state index is -2.93. The Bertz CT molecular complexity index is 689. The molecule has 3 rings (SSSR count). The van der Waals surface area contributed by atoms with E-state index in [0.717, 1.165) is 31.7 Å². The highest BCUT2D eigenvalue weighted by Gasteiger charge is 2.31. The van der Waals surface area contributed by atoms with Crippen LogP contribution in [0.2, 0.25) is 0 Å². The van der Waals surface area contributed by atoms with Crippen LogP contribution in [0.3, 0.4) is 0 Å². The first kappa shape index (κ1) is 18.1. The van der Waals surface area contributed by atoms with E-state index in [1.165, 1.54) is 0 Å². The predicted molar refractivity (Wildman–Crippen MR) is 95.1 cm³/mol. The maximum Gasteiger partial charge on any atom is 0.234 e. The van der Waals surface area contributed by atoms with Crippen molar-refractivity contribution in [2.45, 2.75) is 31.3 Å². The molecule has 2 fully saturated rings. The van der Waals surface area contributed by atoms with Crippen LogP contribution >= 0.6 is 0 Å². The number of carbonyl (C=O) groups excluding carboxylic acids is 1. The number of sulfone groups is 1. The summed E-state index contributed by atoms with van der Waals surface area (Å²) in [6.07, 6.45) is 7.44. The molecule has 1 atom stereocenters. The number of nitrogens with zero attached hydrogens (tertiary/aromatic N) is 4. The molecule has 3 heterocycles. The second-order valence-electron chi connectivity index (χ2n) is 6.86. The highest BCUT2D eigenvalue weighted by Crippen LogP contribution is 2.18. The Kier molecular flexibility index (Phi) is 5.53. The summed E-state index contributed by atoms with van der Waals surface area (Å²) in [4.78, 5) is 24.7. The molecular formula is C16H25N5O3S. The van der Waals surface area contributed by atoms with Crippen LogP contribution in [-0.2, 0) is 14.6 Å². The summed E-state index contributed by atoms with van der Waals surface area (Å²) >= 11 is 0. The Morgan fingerprint density at radius 1 is 1.32 bits per heavy atom. The third kappa shape index (κ3) is 4.88.